The molecule has 0 aliphatic heterocycles. The van der Waals surface area contributed by atoms with Crippen molar-refractivity contribution in [1.82, 2.24) is 0 Å². The number of carbonyl (C=O) groups is 1. The molecule has 1 aromatic rings. The summed E-state index contributed by atoms with van der Waals surface area (Å²) in [5.41, 5.74) is 1.79. The standard InChI is InChI=1S/C13H18Br2N2O/c1-8(2)12(15)13(18)16-10-7-9(14)5-6-11(10)17(3)4/h5-8,12H,1-4H3,(H,16,18). The molecule has 1 amide bonds. The zero-order valence-electron chi connectivity index (χ0n) is 11.0. The van der Waals surface area contributed by atoms with Crippen LogP contribution in [0.25, 0.3) is 0 Å². The van der Waals surface area contributed by atoms with Crippen molar-refractivity contribution in [1.29, 1.82) is 0 Å². The van der Waals surface area contributed by atoms with Crippen LogP contribution in [0.15, 0.2) is 22.7 Å². The smallest absolute Gasteiger partial charge is 0.238 e. The van der Waals surface area contributed by atoms with Crippen molar-refractivity contribution in [2.45, 2.75) is 18.7 Å². The number of nitrogens with zero attached hydrogens (tertiary/aromatic N) is 1. The van der Waals surface area contributed by atoms with Crippen LogP contribution in [0, 0.1) is 5.92 Å². The molecule has 1 N–H and O–H groups in total. The van der Waals surface area contributed by atoms with Gasteiger partial charge in [-0.25, -0.2) is 0 Å². The van der Waals surface area contributed by atoms with Crippen LogP contribution in [0.4, 0.5) is 11.4 Å². The van der Waals surface area contributed by atoms with Crippen LogP contribution < -0.4 is 10.2 Å². The van der Waals surface area contributed by atoms with Crippen LogP contribution in [0.5, 0.6) is 0 Å². The minimum atomic E-state index is -0.188. The highest BCUT2D eigenvalue weighted by Crippen LogP contribution is 2.28. The van der Waals surface area contributed by atoms with Gasteiger partial charge in [-0.15, -0.1) is 0 Å². The molecule has 0 heterocycles. The van der Waals surface area contributed by atoms with E-state index >= 15 is 0 Å². The molecule has 100 valence electrons. The maximum absolute atomic E-state index is 12.0. The second kappa shape index (κ2) is 6.57. The van der Waals surface area contributed by atoms with Gasteiger partial charge in [0.15, 0.2) is 0 Å². The van der Waals surface area contributed by atoms with E-state index in [4.69, 9.17) is 0 Å². The molecule has 1 aromatic carbocycles. The van der Waals surface area contributed by atoms with Crippen molar-refractivity contribution in [3.63, 3.8) is 0 Å². The first kappa shape index (κ1) is 15.5. The summed E-state index contributed by atoms with van der Waals surface area (Å²) in [5, 5.41) is 2.96. The summed E-state index contributed by atoms with van der Waals surface area (Å²) in [6.07, 6.45) is 0. The molecule has 1 rings (SSSR count). The fraction of sp³-hybridized carbons (Fsp3) is 0.462. The van der Waals surface area contributed by atoms with E-state index < -0.39 is 0 Å². The summed E-state index contributed by atoms with van der Waals surface area (Å²) < 4.78 is 0.944. The number of alkyl halides is 1. The highest BCUT2D eigenvalue weighted by molar-refractivity contribution is 9.10. The lowest BCUT2D eigenvalue weighted by atomic mass is 10.1. The average Bonchev–Trinajstić information content (AvgIpc) is 2.27. The van der Waals surface area contributed by atoms with Crippen molar-refractivity contribution < 1.29 is 4.79 Å². The monoisotopic (exact) mass is 376 g/mol. The largest absolute Gasteiger partial charge is 0.376 e. The number of benzene rings is 1. The van der Waals surface area contributed by atoms with Crippen molar-refractivity contribution in [3.05, 3.63) is 22.7 Å². The number of hydrogen-bond acceptors (Lipinski definition) is 2. The van der Waals surface area contributed by atoms with E-state index in [1.165, 1.54) is 0 Å². The number of hydrogen-bond donors (Lipinski definition) is 1. The normalized spacial score (nSPS) is 12.4. The van der Waals surface area contributed by atoms with Crippen LogP contribution in [0.2, 0.25) is 0 Å². The number of halogens is 2. The van der Waals surface area contributed by atoms with Crippen molar-refractivity contribution in [2.75, 3.05) is 24.3 Å². The van der Waals surface area contributed by atoms with Crippen LogP contribution in [0.1, 0.15) is 13.8 Å². The van der Waals surface area contributed by atoms with E-state index in [0.29, 0.717) is 0 Å². The number of rotatable bonds is 4. The molecule has 0 spiro atoms. The molecule has 0 fully saturated rings. The van der Waals surface area contributed by atoms with Gasteiger partial charge in [0.25, 0.3) is 0 Å². The summed E-state index contributed by atoms with van der Waals surface area (Å²) in [4.78, 5) is 13.8. The molecule has 0 aliphatic carbocycles. The van der Waals surface area contributed by atoms with Gasteiger partial charge in [-0.3, -0.25) is 4.79 Å². The quantitative estimate of drug-likeness (QED) is 0.807. The fourth-order valence-corrected chi connectivity index (χ4v) is 1.98. The minimum absolute atomic E-state index is 0.0220. The molecule has 1 atom stereocenters. The third-order valence-electron chi connectivity index (χ3n) is 2.53. The van der Waals surface area contributed by atoms with Crippen LogP contribution in [0.3, 0.4) is 0 Å². The zero-order valence-corrected chi connectivity index (χ0v) is 14.2. The van der Waals surface area contributed by atoms with Crippen LogP contribution in [-0.2, 0) is 4.79 Å². The summed E-state index contributed by atoms with van der Waals surface area (Å²) >= 11 is 6.83. The van der Waals surface area contributed by atoms with Crippen molar-refractivity contribution >= 4 is 49.1 Å². The summed E-state index contributed by atoms with van der Waals surface area (Å²) in [6.45, 7) is 4.01. The SMILES string of the molecule is CC(C)C(Br)C(=O)Nc1cc(Br)ccc1N(C)C. The highest BCUT2D eigenvalue weighted by atomic mass is 79.9. The van der Waals surface area contributed by atoms with Gasteiger partial charge < -0.3 is 10.2 Å². The Balaban J connectivity index is 2.96. The Kier molecular flexibility index (Phi) is 5.66. The van der Waals surface area contributed by atoms with Crippen LogP contribution >= 0.6 is 31.9 Å². The Labute approximate surface area is 125 Å². The lowest BCUT2D eigenvalue weighted by Gasteiger charge is -2.20. The number of carbonyl (C=O) groups excluding carboxylic acids is 1. The first-order chi connectivity index (χ1) is 8.32. The molecular weight excluding hydrogens is 360 g/mol. The van der Waals surface area contributed by atoms with E-state index in [1.54, 1.807) is 0 Å². The first-order valence-electron chi connectivity index (χ1n) is 5.74. The molecule has 0 aromatic heterocycles. The van der Waals surface area contributed by atoms with E-state index in [-0.39, 0.29) is 16.7 Å². The van der Waals surface area contributed by atoms with Gasteiger partial charge in [-0.2, -0.15) is 0 Å². The summed E-state index contributed by atoms with van der Waals surface area (Å²) in [7, 11) is 3.90. The molecule has 0 saturated heterocycles. The van der Waals surface area contributed by atoms with Gasteiger partial charge in [-0.05, 0) is 24.1 Å². The van der Waals surface area contributed by atoms with E-state index in [2.05, 4.69) is 37.2 Å². The van der Waals surface area contributed by atoms with E-state index in [0.717, 1.165) is 15.8 Å². The molecule has 0 saturated carbocycles. The number of anilines is 2. The average molecular weight is 378 g/mol. The molecule has 5 heteroatoms. The van der Waals surface area contributed by atoms with Gasteiger partial charge in [-0.1, -0.05) is 45.7 Å². The molecule has 3 nitrogen and oxygen atoms in total. The second-order valence-corrected chi connectivity index (χ2v) is 6.59. The van der Waals surface area contributed by atoms with Crippen molar-refractivity contribution in [2.24, 2.45) is 5.92 Å². The minimum Gasteiger partial charge on any atom is -0.376 e. The summed E-state index contributed by atoms with van der Waals surface area (Å²) in [6, 6.07) is 5.84. The molecule has 1 unspecified atom stereocenters. The lowest BCUT2D eigenvalue weighted by molar-refractivity contribution is -0.116. The first-order valence-corrected chi connectivity index (χ1v) is 7.45. The van der Waals surface area contributed by atoms with Gasteiger partial charge in [0.1, 0.15) is 0 Å². The highest BCUT2D eigenvalue weighted by Gasteiger charge is 2.19. The Hall–Kier alpha value is -0.550. The molecule has 0 aliphatic rings. The Morgan fingerprint density at radius 3 is 2.44 bits per heavy atom. The van der Waals surface area contributed by atoms with Gasteiger partial charge in [0, 0.05) is 18.6 Å². The number of amides is 1. The van der Waals surface area contributed by atoms with Gasteiger partial charge in [0.2, 0.25) is 5.91 Å². The summed E-state index contributed by atoms with van der Waals surface area (Å²) in [5.74, 6) is 0.228. The van der Waals surface area contributed by atoms with Gasteiger partial charge >= 0.3 is 0 Å². The van der Waals surface area contributed by atoms with Gasteiger partial charge in [0.05, 0.1) is 16.2 Å². The van der Waals surface area contributed by atoms with Crippen molar-refractivity contribution in [3.8, 4) is 0 Å². The van der Waals surface area contributed by atoms with E-state index in [9.17, 15) is 4.79 Å². The molecule has 18 heavy (non-hydrogen) atoms. The number of nitrogens with one attached hydrogen (secondary N) is 1. The Morgan fingerprint density at radius 2 is 1.94 bits per heavy atom. The zero-order chi connectivity index (χ0) is 13.9. The maximum Gasteiger partial charge on any atom is 0.238 e. The van der Waals surface area contributed by atoms with E-state index in [1.807, 2.05) is 51.0 Å². The van der Waals surface area contributed by atoms with Crippen LogP contribution in [-0.4, -0.2) is 24.8 Å². The lowest BCUT2D eigenvalue weighted by Crippen LogP contribution is -2.27. The third kappa shape index (κ3) is 3.99. The third-order valence-corrected chi connectivity index (χ3v) is 4.50. The Morgan fingerprint density at radius 1 is 1.33 bits per heavy atom. The molecule has 0 bridgehead atoms. The fourth-order valence-electron chi connectivity index (χ4n) is 1.50. The predicted octanol–water partition coefficient (Wildman–Crippen LogP) is 3.87. The Bertz CT molecular complexity index is 433. The topological polar surface area (TPSA) is 32.3 Å². The second-order valence-electron chi connectivity index (χ2n) is 4.69. The maximum atomic E-state index is 12.0. The molecular formula is C13H18Br2N2O. The predicted molar refractivity (Wildman–Crippen MR) is 84.7 cm³/mol. The molecule has 0 radical (unpaired) electrons.